The van der Waals surface area contributed by atoms with Crippen molar-refractivity contribution in [2.24, 2.45) is 0 Å². The van der Waals surface area contributed by atoms with Gasteiger partial charge in [0, 0.05) is 12.7 Å². The summed E-state index contributed by atoms with van der Waals surface area (Å²) in [4.78, 5) is 9.77. The number of rotatable bonds is 1. The van der Waals surface area contributed by atoms with Gasteiger partial charge in [-0.1, -0.05) is 0 Å². The van der Waals surface area contributed by atoms with Gasteiger partial charge in [-0.3, -0.25) is 0 Å². The summed E-state index contributed by atoms with van der Waals surface area (Å²) >= 11 is 0. The zero-order valence-corrected chi connectivity index (χ0v) is 9.10. The van der Waals surface area contributed by atoms with E-state index < -0.39 is 11.8 Å². The van der Waals surface area contributed by atoms with Gasteiger partial charge in [-0.2, -0.15) is 4.98 Å². The molecule has 0 aromatic carbocycles. The highest BCUT2D eigenvalue weighted by Crippen LogP contribution is 2.27. The normalized spacial score (nSPS) is 30.4. The van der Waals surface area contributed by atoms with Crippen molar-refractivity contribution in [3.05, 3.63) is 12.3 Å². The number of nitrogens with two attached hydrogens (primary N) is 1. The van der Waals surface area contributed by atoms with Crippen LogP contribution in [0.15, 0.2) is 12.3 Å². The molecule has 88 valence electrons. The lowest BCUT2D eigenvalue weighted by Gasteiger charge is -2.38. The lowest BCUT2D eigenvalue weighted by Crippen LogP contribution is -2.52. The van der Waals surface area contributed by atoms with Crippen molar-refractivity contribution in [2.75, 3.05) is 23.7 Å². The highest BCUT2D eigenvalue weighted by atomic mass is 19.1. The van der Waals surface area contributed by atoms with E-state index in [1.165, 1.54) is 13.1 Å². The van der Waals surface area contributed by atoms with E-state index in [2.05, 4.69) is 9.97 Å². The van der Waals surface area contributed by atoms with Gasteiger partial charge >= 0.3 is 0 Å². The minimum atomic E-state index is -1.63. The molecule has 1 aromatic heterocycles. The largest absolute Gasteiger partial charge is 0.390 e. The number of hydrogen-bond donors (Lipinski definition) is 2. The van der Waals surface area contributed by atoms with Crippen LogP contribution in [0, 0.1) is 0 Å². The number of aliphatic hydroxyl groups is 1. The van der Waals surface area contributed by atoms with Gasteiger partial charge in [-0.05, 0) is 19.4 Å². The minimum Gasteiger partial charge on any atom is -0.390 e. The van der Waals surface area contributed by atoms with Gasteiger partial charge in [0.25, 0.3) is 0 Å². The van der Waals surface area contributed by atoms with Crippen molar-refractivity contribution < 1.29 is 9.50 Å². The van der Waals surface area contributed by atoms with Crippen molar-refractivity contribution in [3.8, 4) is 0 Å². The quantitative estimate of drug-likeness (QED) is 0.723. The number of piperidine rings is 1. The standard InChI is InChI=1S/C10H15FN4O/c1-10(11)6-15(5-3-7(10)16)9-13-4-2-8(12)14-9/h2,4,7,16H,3,5-6H2,1H3,(H2,12,13,14)/t7-,10-/m1/s1. The average molecular weight is 226 g/mol. The zero-order valence-electron chi connectivity index (χ0n) is 9.10. The number of halogens is 1. The molecule has 1 fully saturated rings. The van der Waals surface area contributed by atoms with Crippen LogP contribution in [0.2, 0.25) is 0 Å². The summed E-state index contributed by atoms with van der Waals surface area (Å²) in [6.45, 7) is 2.00. The Kier molecular flexibility index (Phi) is 2.67. The van der Waals surface area contributed by atoms with E-state index >= 15 is 0 Å². The van der Waals surface area contributed by atoms with Crippen LogP contribution in [-0.2, 0) is 0 Å². The van der Waals surface area contributed by atoms with Crippen molar-refractivity contribution >= 4 is 11.8 Å². The third-order valence-electron chi connectivity index (χ3n) is 2.81. The lowest BCUT2D eigenvalue weighted by molar-refractivity contribution is -0.00860. The molecular formula is C10H15FN4O. The molecular weight excluding hydrogens is 211 g/mol. The van der Waals surface area contributed by atoms with Gasteiger partial charge in [0.2, 0.25) is 5.95 Å². The molecule has 2 atom stereocenters. The van der Waals surface area contributed by atoms with Crippen LogP contribution in [0.4, 0.5) is 16.2 Å². The summed E-state index contributed by atoms with van der Waals surface area (Å²) < 4.78 is 13.9. The van der Waals surface area contributed by atoms with Crippen LogP contribution >= 0.6 is 0 Å². The second kappa shape index (κ2) is 3.86. The molecule has 0 aliphatic carbocycles. The van der Waals surface area contributed by atoms with E-state index in [9.17, 15) is 9.50 Å². The van der Waals surface area contributed by atoms with Gasteiger partial charge in [0.15, 0.2) is 5.67 Å². The average Bonchev–Trinajstić information content (AvgIpc) is 2.22. The van der Waals surface area contributed by atoms with Gasteiger partial charge in [0.05, 0.1) is 12.6 Å². The molecule has 0 unspecified atom stereocenters. The molecule has 0 bridgehead atoms. The molecule has 1 saturated heterocycles. The number of anilines is 2. The Hall–Kier alpha value is -1.43. The maximum absolute atomic E-state index is 13.9. The Morgan fingerprint density at radius 3 is 3.06 bits per heavy atom. The van der Waals surface area contributed by atoms with E-state index in [0.717, 1.165) is 0 Å². The first-order valence-electron chi connectivity index (χ1n) is 5.19. The topological polar surface area (TPSA) is 75.3 Å². The molecule has 2 rings (SSSR count). The first-order chi connectivity index (χ1) is 7.49. The number of aliphatic hydroxyl groups excluding tert-OH is 1. The maximum Gasteiger partial charge on any atom is 0.227 e. The van der Waals surface area contributed by atoms with Crippen molar-refractivity contribution in [1.82, 2.24) is 9.97 Å². The van der Waals surface area contributed by atoms with Gasteiger partial charge in [-0.25, -0.2) is 9.37 Å². The number of hydrogen-bond acceptors (Lipinski definition) is 5. The fourth-order valence-corrected chi connectivity index (χ4v) is 1.82. The molecule has 3 N–H and O–H groups in total. The molecule has 2 heterocycles. The fraction of sp³-hybridized carbons (Fsp3) is 0.600. The summed E-state index contributed by atoms with van der Waals surface area (Å²) in [5.41, 5.74) is 3.91. The highest BCUT2D eigenvalue weighted by molar-refractivity contribution is 5.38. The van der Waals surface area contributed by atoms with E-state index in [1.54, 1.807) is 11.0 Å². The van der Waals surface area contributed by atoms with Gasteiger partial charge in [0.1, 0.15) is 5.82 Å². The summed E-state index contributed by atoms with van der Waals surface area (Å²) in [6, 6.07) is 1.58. The Morgan fingerprint density at radius 2 is 2.44 bits per heavy atom. The van der Waals surface area contributed by atoms with Crippen molar-refractivity contribution in [3.63, 3.8) is 0 Å². The monoisotopic (exact) mass is 226 g/mol. The van der Waals surface area contributed by atoms with E-state index in [0.29, 0.717) is 24.7 Å². The van der Waals surface area contributed by atoms with E-state index in [4.69, 9.17) is 5.73 Å². The SMILES string of the molecule is C[C@@]1(F)CN(c2nccc(N)n2)CC[C@H]1O. The van der Waals surface area contributed by atoms with Crippen LogP contribution in [0.25, 0.3) is 0 Å². The number of alkyl halides is 1. The van der Waals surface area contributed by atoms with Gasteiger partial charge < -0.3 is 15.7 Å². The molecule has 1 aliphatic heterocycles. The maximum atomic E-state index is 13.9. The van der Waals surface area contributed by atoms with Crippen LogP contribution in [0.3, 0.4) is 0 Å². The summed E-state index contributed by atoms with van der Waals surface area (Å²) in [6.07, 6.45) is 0.980. The molecule has 0 saturated carbocycles. The summed E-state index contributed by atoms with van der Waals surface area (Å²) in [7, 11) is 0. The van der Waals surface area contributed by atoms with Crippen molar-refractivity contribution in [1.29, 1.82) is 0 Å². The highest BCUT2D eigenvalue weighted by Gasteiger charge is 2.39. The minimum absolute atomic E-state index is 0.0810. The molecule has 6 heteroatoms. The van der Waals surface area contributed by atoms with Crippen LogP contribution < -0.4 is 10.6 Å². The van der Waals surface area contributed by atoms with Crippen LogP contribution in [0.5, 0.6) is 0 Å². The Balaban J connectivity index is 2.18. The van der Waals surface area contributed by atoms with Crippen LogP contribution in [-0.4, -0.2) is 39.9 Å². The molecule has 16 heavy (non-hydrogen) atoms. The number of nitrogens with zero attached hydrogens (tertiary/aromatic N) is 3. The van der Waals surface area contributed by atoms with Crippen molar-refractivity contribution in [2.45, 2.75) is 25.1 Å². The van der Waals surface area contributed by atoms with E-state index in [1.807, 2.05) is 0 Å². The lowest BCUT2D eigenvalue weighted by atomic mass is 9.94. The number of nitrogen functional groups attached to an aromatic ring is 1. The molecule has 1 aromatic rings. The number of aromatic nitrogens is 2. The smallest absolute Gasteiger partial charge is 0.227 e. The first kappa shape index (κ1) is 11.1. The van der Waals surface area contributed by atoms with E-state index in [-0.39, 0.29) is 6.54 Å². The Bertz CT molecular complexity index is 385. The summed E-state index contributed by atoms with van der Waals surface area (Å²) in [5, 5.41) is 9.49. The second-order valence-corrected chi connectivity index (χ2v) is 4.29. The molecule has 1 aliphatic rings. The molecule has 0 radical (unpaired) electrons. The third kappa shape index (κ3) is 2.06. The molecule has 0 amide bonds. The fourth-order valence-electron chi connectivity index (χ4n) is 1.82. The third-order valence-corrected chi connectivity index (χ3v) is 2.81. The molecule has 0 spiro atoms. The zero-order chi connectivity index (χ0) is 11.8. The Morgan fingerprint density at radius 1 is 1.69 bits per heavy atom. The Labute approximate surface area is 93.1 Å². The van der Waals surface area contributed by atoms with Gasteiger partial charge in [-0.15, -0.1) is 0 Å². The van der Waals surface area contributed by atoms with Crippen LogP contribution in [0.1, 0.15) is 13.3 Å². The predicted octanol–water partition coefficient (Wildman–Crippen LogP) is 0.358. The first-order valence-corrected chi connectivity index (χ1v) is 5.19. The molecule has 5 nitrogen and oxygen atoms in total. The predicted molar refractivity (Wildman–Crippen MR) is 58.8 cm³/mol. The summed E-state index contributed by atoms with van der Waals surface area (Å²) in [5.74, 6) is 0.771. The second-order valence-electron chi connectivity index (χ2n) is 4.29.